The van der Waals surface area contributed by atoms with Crippen LogP contribution in [0.1, 0.15) is 125 Å². The predicted octanol–water partition coefficient (Wildman–Crippen LogP) is 8.66. The number of carbonyl (C=O) groups is 3. The van der Waals surface area contributed by atoms with E-state index in [9.17, 15) is 14.4 Å². The molecular formula is C39H57NO5. The molecule has 6 heteroatoms. The fraction of sp³-hybridized carbons (Fsp3) is 0.769. The molecule has 5 fully saturated rings. The van der Waals surface area contributed by atoms with Crippen LogP contribution in [-0.4, -0.2) is 29.5 Å². The second-order valence-corrected chi connectivity index (χ2v) is 17.8. The first-order valence-electron chi connectivity index (χ1n) is 17.7. The Morgan fingerprint density at radius 1 is 0.844 bits per heavy atom. The van der Waals surface area contributed by atoms with Gasteiger partial charge in [0.1, 0.15) is 18.0 Å². The molecule has 0 heterocycles. The van der Waals surface area contributed by atoms with Crippen molar-refractivity contribution in [2.24, 2.45) is 50.7 Å². The SMILES string of the molecule is CC(C)(C)OC(=O)N[C@@H]1CC[C@]2(C(=O)OCc3ccccc3)CC[C@]3(C)[C@H](CC[C@@H]4[C@@]5(C)CCC(=O)C(C)(C)[C@@H]5CC[C@]43C)[C@@H]12. The quantitative estimate of drug-likeness (QED) is 0.341. The molecule has 0 aromatic heterocycles. The lowest BCUT2D eigenvalue weighted by molar-refractivity contribution is -0.235. The van der Waals surface area contributed by atoms with E-state index in [1.165, 1.54) is 0 Å². The molecule has 248 valence electrons. The summed E-state index contributed by atoms with van der Waals surface area (Å²) in [5.41, 5.74) is -0.242. The molecule has 0 radical (unpaired) electrons. The Bertz CT molecular complexity index is 1330. The van der Waals surface area contributed by atoms with Crippen LogP contribution < -0.4 is 5.32 Å². The zero-order valence-corrected chi connectivity index (χ0v) is 29.1. The highest BCUT2D eigenvalue weighted by Crippen LogP contribution is 2.76. The van der Waals surface area contributed by atoms with Gasteiger partial charge in [-0.2, -0.15) is 0 Å². The van der Waals surface area contributed by atoms with E-state index in [0.717, 1.165) is 63.4 Å². The third-order valence-electron chi connectivity index (χ3n) is 14.5. The molecule has 6 rings (SSSR count). The van der Waals surface area contributed by atoms with Crippen LogP contribution in [0.2, 0.25) is 0 Å². The minimum atomic E-state index is -0.609. The first kappa shape index (κ1) is 32.6. The Morgan fingerprint density at radius 2 is 1.56 bits per heavy atom. The average Bonchev–Trinajstić information content (AvgIpc) is 3.33. The second kappa shape index (κ2) is 10.8. The van der Waals surface area contributed by atoms with Crippen LogP contribution in [0.15, 0.2) is 30.3 Å². The number of esters is 1. The maximum Gasteiger partial charge on any atom is 0.407 e. The van der Waals surface area contributed by atoms with Crippen molar-refractivity contribution < 1.29 is 23.9 Å². The third-order valence-corrected chi connectivity index (χ3v) is 14.5. The van der Waals surface area contributed by atoms with E-state index in [-0.39, 0.29) is 52.1 Å². The van der Waals surface area contributed by atoms with E-state index in [0.29, 0.717) is 24.0 Å². The Labute approximate surface area is 271 Å². The number of rotatable bonds is 4. The number of amides is 1. The van der Waals surface area contributed by atoms with E-state index < -0.39 is 17.1 Å². The first-order valence-corrected chi connectivity index (χ1v) is 17.7. The lowest BCUT2D eigenvalue weighted by atomic mass is 9.32. The van der Waals surface area contributed by atoms with Gasteiger partial charge in [0.2, 0.25) is 0 Å². The van der Waals surface area contributed by atoms with Gasteiger partial charge in [0, 0.05) is 17.9 Å². The lowest BCUT2D eigenvalue weighted by Crippen LogP contribution is -2.67. The summed E-state index contributed by atoms with van der Waals surface area (Å²) in [6.45, 7) is 17.9. The van der Waals surface area contributed by atoms with Gasteiger partial charge in [-0.05, 0) is 124 Å². The number of benzene rings is 1. The maximum absolute atomic E-state index is 14.3. The minimum absolute atomic E-state index is 0.000258. The minimum Gasteiger partial charge on any atom is -0.460 e. The van der Waals surface area contributed by atoms with Crippen LogP contribution in [0, 0.1) is 50.7 Å². The van der Waals surface area contributed by atoms with Crippen molar-refractivity contribution in [2.45, 2.75) is 138 Å². The number of hydrogen-bond donors (Lipinski definition) is 1. The highest BCUT2D eigenvalue weighted by atomic mass is 16.6. The van der Waals surface area contributed by atoms with Crippen molar-refractivity contribution in [3.8, 4) is 0 Å². The van der Waals surface area contributed by atoms with Gasteiger partial charge >= 0.3 is 12.1 Å². The summed E-state index contributed by atoms with van der Waals surface area (Å²) in [6, 6.07) is 9.80. The van der Waals surface area contributed by atoms with E-state index in [1.54, 1.807) is 0 Å². The molecule has 0 aliphatic heterocycles. The zero-order valence-electron chi connectivity index (χ0n) is 29.1. The van der Waals surface area contributed by atoms with Gasteiger partial charge in [0.05, 0.1) is 5.41 Å². The highest BCUT2D eigenvalue weighted by Gasteiger charge is 2.72. The number of nitrogens with one attached hydrogen (secondary N) is 1. The molecule has 45 heavy (non-hydrogen) atoms. The molecule has 0 unspecified atom stereocenters. The van der Waals surface area contributed by atoms with Gasteiger partial charge in [0.25, 0.3) is 0 Å². The van der Waals surface area contributed by atoms with Crippen LogP contribution >= 0.6 is 0 Å². The summed E-state index contributed by atoms with van der Waals surface area (Å²) >= 11 is 0. The molecule has 5 saturated carbocycles. The van der Waals surface area contributed by atoms with Crippen LogP contribution in [-0.2, 0) is 25.7 Å². The first-order chi connectivity index (χ1) is 21.0. The van der Waals surface area contributed by atoms with E-state index in [2.05, 4.69) is 39.9 Å². The van der Waals surface area contributed by atoms with Crippen LogP contribution in [0.25, 0.3) is 0 Å². The van der Waals surface area contributed by atoms with Gasteiger partial charge in [-0.25, -0.2) is 4.79 Å². The number of ketones is 1. The second-order valence-electron chi connectivity index (χ2n) is 17.8. The highest BCUT2D eigenvalue weighted by molar-refractivity contribution is 5.85. The number of alkyl carbamates (subject to hydrolysis) is 1. The topological polar surface area (TPSA) is 81.7 Å². The number of ether oxygens (including phenoxy) is 2. The smallest absolute Gasteiger partial charge is 0.407 e. The summed E-state index contributed by atoms with van der Waals surface area (Å²) in [4.78, 5) is 40.7. The zero-order chi connectivity index (χ0) is 32.6. The Morgan fingerprint density at radius 3 is 2.24 bits per heavy atom. The summed E-state index contributed by atoms with van der Waals surface area (Å²) in [6.07, 6.45) is 8.90. The molecule has 0 bridgehead atoms. The fourth-order valence-corrected chi connectivity index (χ4v) is 12.2. The molecule has 6 nitrogen and oxygen atoms in total. The van der Waals surface area contributed by atoms with Crippen molar-refractivity contribution in [1.82, 2.24) is 5.32 Å². The molecule has 1 N–H and O–H groups in total. The van der Waals surface area contributed by atoms with E-state index >= 15 is 0 Å². The normalized spacial score (nSPS) is 42.0. The molecule has 1 amide bonds. The molecule has 0 saturated heterocycles. The van der Waals surface area contributed by atoms with Crippen molar-refractivity contribution in [2.75, 3.05) is 0 Å². The predicted molar refractivity (Wildman–Crippen MR) is 175 cm³/mol. The molecule has 5 aliphatic rings. The molecular weight excluding hydrogens is 562 g/mol. The van der Waals surface area contributed by atoms with Crippen molar-refractivity contribution in [3.63, 3.8) is 0 Å². The summed E-state index contributed by atoms with van der Waals surface area (Å²) in [5, 5.41) is 3.28. The van der Waals surface area contributed by atoms with Gasteiger partial charge in [0.15, 0.2) is 0 Å². The van der Waals surface area contributed by atoms with E-state index in [4.69, 9.17) is 9.47 Å². The van der Waals surface area contributed by atoms with Crippen molar-refractivity contribution >= 4 is 17.8 Å². The van der Waals surface area contributed by atoms with Crippen LogP contribution in [0.3, 0.4) is 0 Å². The lowest BCUT2D eigenvalue weighted by Gasteiger charge is -2.72. The number of carbonyl (C=O) groups excluding carboxylic acids is 3. The molecule has 1 aromatic rings. The Balaban J connectivity index is 1.34. The summed E-state index contributed by atoms with van der Waals surface area (Å²) in [5.74, 6) is 1.58. The monoisotopic (exact) mass is 619 g/mol. The summed E-state index contributed by atoms with van der Waals surface area (Å²) in [7, 11) is 0. The largest absolute Gasteiger partial charge is 0.460 e. The fourth-order valence-electron chi connectivity index (χ4n) is 12.2. The van der Waals surface area contributed by atoms with E-state index in [1.807, 2.05) is 51.1 Å². The Hall–Kier alpha value is -2.37. The van der Waals surface area contributed by atoms with Gasteiger partial charge in [-0.1, -0.05) is 65.0 Å². The average molecular weight is 620 g/mol. The van der Waals surface area contributed by atoms with Gasteiger partial charge in [-0.15, -0.1) is 0 Å². The number of fused-ring (bicyclic) bond motifs is 7. The summed E-state index contributed by atoms with van der Waals surface area (Å²) < 4.78 is 11.9. The number of Topliss-reactive ketones (excluding diaryl/α,β-unsaturated/α-hetero) is 1. The van der Waals surface area contributed by atoms with Gasteiger partial charge < -0.3 is 14.8 Å². The molecule has 5 aliphatic carbocycles. The molecule has 9 atom stereocenters. The van der Waals surface area contributed by atoms with Crippen LogP contribution in [0.5, 0.6) is 0 Å². The van der Waals surface area contributed by atoms with Crippen LogP contribution in [0.4, 0.5) is 4.79 Å². The molecule has 0 spiro atoms. The molecule has 1 aromatic carbocycles. The Kier molecular flexibility index (Phi) is 7.84. The third kappa shape index (κ3) is 4.98. The van der Waals surface area contributed by atoms with Crippen molar-refractivity contribution in [3.05, 3.63) is 35.9 Å². The standard InChI is InChI=1S/C39H57NO5/c1-34(2,3)45-33(43)40-27-16-21-39(32(42)44-24-25-12-10-9-11-13-25)23-22-37(7)26(31(27)39)14-15-29-36(6)19-18-30(41)35(4,5)28(36)17-20-38(29,37)8/h9-13,26-29,31H,14-24H2,1-8H3,(H,40,43)/t26-,27-,28+,29-,31+,36+,37-,38-,39+/m1/s1. The van der Waals surface area contributed by atoms with Gasteiger partial charge in [-0.3, -0.25) is 9.59 Å². The number of hydrogen-bond acceptors (Lipinski definition) is 5. The van der Waals surface area contributed by atoms with Crippen molar-refractivity contribution in [1.29, 1.82) is 0 Å². The maximum atomic E-state index is 14.3.